The van der Waals surface area contributed by atoms with Crippen LogP contribution in [-0.2, 0) is 5.41 Å². The van der Waals surface area contributed by atoms with Crippen LogP contribution < -0.4 is 19.6 Å². The van der Waals surface area contributed by atoms with Gasteiger partial charge in [0.1, 0.15) is 0 Å². The zero-order chi connectivity index (χ0) is 58.1. The second-order valence-corrected chi connectivity index (χ2v) is 24.4. The summed E-state index contributed by atoms with van der Waals surface area (Å²) in [6.07, 6.45) is 13.3. The van der Waals surface area contributed by atoms with Gasteiger partial charge in [-0.05, 0) is 259 Å². The van der Waals surface area contributed by atoms with Crippen LogP contribution in [-0.4, -0.2) is 0 Å². The molecule has 0 saturated heterocycles. The molecular weight excluding hydrogens is 1030 g/mol. The molecule has 0 saturated carbocycles. The summed E-state index contributed by atoms with van der Waals surface area (Å²) in [5.41, 5.74) is 33.3. The first-order valence-electron chi connectivity index (χ1n) is 30.3. The lowest BCUT2D eigenvalue weighted by atomic mass is 9.70. The first-order valence-corrected chi connectivity index (χ1v) is 30.3. The third-order valence-electron chi connectivity index (χ3n) is 18.2. The average Bonchev–Trinajstić information content (AvgIpc) is 1.70. The minimum absolute atomic E-state index is 0.807. The van der Waals surface area contributed by atoms with Gasteiger partial charge in [-0.25, -0.2) is 0 Å². The zero-order valence-corrected chi connectivity index (χ0v) is 50.2. The highest BCUT2D eigenvalue weighted by molar-refractivity contribution is 5.99. The maximum atomic E-state index is 2.57. The van der Waals surface area contributed by atoms with E-state index in [1.165, 1.54) is 100 Å². The van der Waals surface area contributed by atoms with Crippen LogP contribution in [0.4, 0.5) is 56.9 Å². The number of rotatable bonds is 12. The van der Waals surface area contributed by atoms with Crippen molar-refractivity contribution in [2.75, 3.05) is 19.6 Å². The topological polar surface area (TPSA) is 13.0 Å². The molecule has 10 aromatic rings. The Morgan fingerprint density at radius 3 is 0.659 bits per heavy atom. The smallest absolute Gasteiger partial charge is 0.0728 e. The number of fused-ring (bicyclic) bond motifs is 10. The molecule has 0 aromatic heterocycles. The number of benzene rings is 10. The minimum atomic E-state index is -0.807. The number of nitrogens with zero attached hydrogens (tertiary/aromatic N) is 4. The number of allylic oxidation sites excluding steroid dienone is 8. The Labute approximate surface area is 503 Å². The molecule has 10 aromatic carbocycles. The SMILES string of the molecule is CC1=CC=C(N(c2ccc(C)cc2)c2ccc3c(c2)C2(c4cc(N(C5=CC=C(C)CC5)c5ccc(C)cc5)ccc4-c4ccc(N(c5ccc(C)cc5)c5ccc(C)cc5)cc42)c2cc(N(c4ccc(C)cc4)c4ccc(C)cc4)ccc2-3)CC1. The van der Waals surface area contributed by atoms with Gasteiger partial charge in [-0.2, -0.15) is 0 Å². The Morgan fingerprint density at radius 2 is 0.435 bits per heavy atom. The lowest BCUT2D eigenvalue weighted by molar-refractivity contribution is 0.791. The van der Waals surface area contributed by atoms with Crippen LogP contribution in [0.1, 0.15) is 95.2 Å². The monoisotopic (exact) mass is 1100 g/mol. The van der Waals surface area contributed by atoms with Crippen molar-refractivity contribution in [3.63, 3.8) is 0 Å². The van der Waals surface area contributed by atoms with Crippen molar-refractivity contribution >= 4 is 56.9 Å². The quantitative estimate of drug-likeness (QED) is 0.121. The van der Waals surface area contributed by atoms with E-state index in [1.807, 2.05) is 0 Å². The van der Waals surface area contributed by atoms with Gasteiger partial charge >= 0.3 is 0 Å². The van der Waals surface area contributed by atoms with E-state index in [-0.39, 0.29) is 0 Å². The van der Waals surface area contributed by atoms with Crippen molar-refractivity contribution in [3.05, 3.63) is 321 Å². The molecule has 0 bridgehead atoms. The Bertz CT molecular complexity index is 3970. The maximum Gasteiger partial charge on any atom is 0.0728 e. The molecule has 14 rings (SSSR count). The van der Waals surface area contributed by atoms with E-state index < -0.39 is 5.41 Å². The summed E-state index contributed by atoms with van der Waals surface area (Å²) >= 11 is 0. The van der Waals surface area contributed by atoms with Gasteiger partial charge < -0.3 is 19.6 Å². The van der Waals surface area contributed by atoms with Gasteiger partial charge in [0.25, 0.3) is 0 Å². The molecule has 0 heterocycles. The van der Waals surface area contributed by atoms with Gasteiger partial charge in [0, 0.05) is 68.3 Å². The summed E-state index contributed by atoms with van der Waals surface area (Å²) in [5, 5.41) is 0. The van der Waals surface area contributed by atoms with Crippen LogP contribution in [0.3, 0.4) is 0 Å². The summed E-state index contributed by atoms with van der Waals surface area (Å²) < 4.78 is 0. The van der Waals surface area contributed by atoms with Gasteiger partial charge in [-0.3, -0.25) is 0 Å². The third-order valence-corrected chi connectivity index (χ3v) is 18.2. The highest BCUT2D eigenvalue weighted by Crippen LogP contribution is 2.65. The molecule has 4 aliphatic carbocycles. The summed E-state index contributed by atoms with van der Waals surface area (Å²) in [7, 11) is 0. The highest BCUT2D eigenvalue weighted by atomic mass is 15.2. The number of hydrogen-bond donors (Lipinski definition) is 0. The predicted molar refractivity (Wildman–Crippen MR) is 360 cm³/mol. The van der Waals surface area contributed by atoms with Gasteiger partial charge in [-0.1, -0.05) is 154 Å². The number of hydrogen-bond acceptors (Lipinski definition) is 4. The number of anilines is 10. The minimum Gasteiger partial charge on any atom is -0.314 e. The van der Waals surface area contributed by atoms with Crippen molar-refractivity contribution < 1.29 is 0 Å². The molecule has 416 valence electrons. The fourth-order valence-electron chi connectivity index (χ4n) is 13.6. The maximum absolute atomic E-state index is 2.57. The second kappa shape index (κ2) is 21.5. The van der Waals surface area contributed by atoms with Gasteiger partial charge in [0.2, 0.25) is 0 Å². The fraction of sp³-hybridized carbons (Fsp3) is 0.160. The van der Waals surface area contributed by atoms with Crippen molar-refractivity contribution in [2.45, 2.75) is 86.5 Å². The summed E-state index contributed by atoms with van der Waals surface area (Å²) in [4.78, 5) is 9.97. The molecule has 0 amide bonds. The van der Waals surface area contributed by atoms with E-state index >= 15 is 0 Å². The van der Waals surface area contributed by atoms with Crippen LogP contribution in [0.5, 0.6) is 0 Å². The summed E-state index contributed by atoms with van der Waals surface area (Å²) in [6, 6.07) is 83.8. The lowest BCUT2D eigenvalue weighted by Gasteiger charge is -2.35. The standard InChI is InChI=1S/C81H72N4/c1-53-9-25-61(26-10-53)82(62-27-11-54(2)12-28-62)69-41-45-73-74-46-42-70(83(63-29-13-55(3)14-30-63)64-31-15-56(4)16-32-64)50-78(74)81(77(73)49-69)79-51-71(84(65-33-17-57(5)18-34-65)66-35-19-58(6)20-36-66)43-47-75(79)76-48-44-72(52-80(76)81)85(67-37-21-59(7)22-38-67)68-39-23-60(8)24-40-68/h9-15,17-23,25-31,33-39,41-52H,16,24,32,40H2,1-8H3. The van der Waals surface area contributed by atoms with Crippen LogP contribution in [0.2, 0.25) is 0 Å². The molecule has 0 fully saturated rings. The molecule has 0 N–H and O–H groups in total. The molecule has 4 aliphatic rings. The normalized spacial score (nSPS) is 14.3. The molecule has 4 nitrogen and oxygen atoms in total. The summed E-state index contributed by atoms with van der Waals surface area (Å²) in [6.45, 7) is 17.6. The average molecular weight is 1100 g/mol. The molecular formula is C81H72N4. The highest BCUT2D eigenvalue weighted by Gasteiger charge is 2.53. The van der Waals surface area contributed by atoms with Crippen LogP contribution >= 0.6 is 0 Å². The van der Waals surface area contributed by atoms with Crippen molar-refractivity contribution in [1.82, 2.24) is 0 Å². The Morgan fingerprint density at radius 1 is 0.224 bits per heavy atom. The first kappa shape index (κ1) is 53.4. The first-order chi connectivity index (χ1) is 41.4. The Balaban J connectivity index is 1.10. The predicted octanol–water partition coefficient (Wildman–Crippen LogP) is 22.3. The van der Waals surface area contributed by atoms with E-state index in [2.05, 4.69) is 318 Å². The van der Waals surface area contributed by atoms with E-state index in [9.17, 15) is 0 Å². The van der Waals surface area contributed by atoms with Gasteiger partial charge in [0.05, 0.1) is 5.41 Å². The van der Waals surface area contributed by atoms with Gasteiger partial charge in [-0.15, -0.1) is 0 Å². The second-order valence-electron chi connectivity index (χ2n) is 24.4. The van der Waals surface area contributed by atoms with Crippen molar-refractivity contribution in [1.29, 1.82) is 0 Å². The van der Waals surface area contributed by atoms with Gasteiger partial charge in [0.15, 0.2) is 0 Å². The molecule has 1 spiro atoms. The van der Waals surface area contributed by atoms with Crippen molar-refractivity contribution in [3.8, 4) is 22.3 Å². The largest absolute Gasteiger partial charge is 0.314 e. The van der Waals surface area contributed by atoms with Crippen LogP contribution in [0.25, 0.3) is 22.3 Å². The Hall–Kier alpha value is -9.64. The Kier molecular flexibility index (Phi) is 13.5. The van der Waals surface area contributed by atoms with Crippen LogP contribution in [0, 0.1) is 41.5 Å². The van der Waals surface area contributed by atoms with Crippen molar-refractivity contribution in [2.24, 2.45) is 0 Å². The van der Waals surface area contributed by atoms with E-state index in [4.69, 9.17) is 0 Å². The number of aryl methyl sites for hydroxylation is 6. The van der Waals surface area contributed by atoms with E-state index in [0.717, 1.165) is 82.6 Å². The molecule has 0 aliphatic heterocycles. The zero-order valence-electron chi connectivity index (χ0n) is 50.2. The van der Waals surface area contributed by atoms with Crippen LogP contribution in [0.15, 0.2) is 265 Å². The molecule has 0 unspecified atom stereocenters. The molecule has 0 radical (unpaired) electrons. The third kappa shape index (κ3) is 9.51. The van der Waals surface area contributed by atoms with E-state index in [1.54, 1.807) is 0 Å². The fourth-order valence-corrected chi connectivity index (χ4v) is 13.6. The molecule has 0 atom stereocenters. The van der Waals surface area contributed by atoms with E-state index in [0.29, 0.717) is 0 Å². The lowest BCUT2D eigenvalue weighted by Crippen LogP contribution is -2.28. The summed E-state index contributed by atoms with van der Waals surface area (Å²) in [5.74, 6) is 0. The molecule has 4 heteroatoms. The molecule has 85 heavy (non-hydrogen) atoms.